The zero-order valence-electron chi connectivity index (χ0n) is 12.0. The number of hydrogen-bond acceptors (Lipinski definition) is 5. The lowest BCUT2D eigenvalue weighted by Crippen LogP contribution is -2.28. The predicted molar refractivity (Wildman–Crippen MR) is 76.3 cm³/mol. The normalized spacial score (nSPS) is 11.3. The minimum absolute atomic E-state index is 0.218. The van der Waals surface area contributed by atoms with E-state index in [1.54, 1.807) is 18.5 Å². The quantitative estimate of drug-likeness (QED) is 0.818. The van der Waals surface area contributed by atoms with E-state index >= 15 is 0 Å². The van der Waals surface area contributed by atoms with Crippen LogP contribution in [0.1, 0.15) is 28.0 Å². The number of carbonyl (C=O) groups excluding carboxylic acids is 1. The lowest BCUT2D eigenvalue weighted by molar-refractivity contribution is -0.141. The molecule has 0 saturated heterocycles. The summed E-state index contributed by atoms with van der Waals surface area (Å²) in [5.41, 5.74) is 4.15. The lowest BCUT2D eigenvalue weighted by atomic mass is 10.1. The molecular weight excluding hydrogens is 311 g/mol. The highest BCUT2D eigenvalue weighted by atomic mass is 19.4. The number of pyridine rings is 1. The lowest BCUT2D eigenvalue weighted by Gasteiger charge is -2.11. The SMILES string of the molecule is Nc1ncc(C(=O)NCCCc2cccnc2)c(C(F)(F)F)n1. The second-order valence-electron chi connectivity index (χ2n) is 4.71. The van der Waals surface area contributed by atoms with Gasteiger partial charge in [0.25, 0.3) is 5.91 Å². The molecule has 1 amide bonds. The highest BCUT2D eigenvalue weighted by Gasteiger charge is 2.37. The highest BCUT2D eigenvalue weighted by molar-refractivity contribution is 5.95. The molecule has 23 heavy (non-hydrogen) atoms. The molecule has 0 radical (unpaired) electrons. The van der Waals surface area contributed by atoms with E-state index in [0.717, 1.165) is 11.8 Å². The fourth-order valence-corrected chi connectivity index (χ4v) is 1.91. The number of nitrogens with two attached hydrogens (primary N) is 1. The van der Waals surface area contributed by atoms with Gasteiger partial charge < -0.3 is 11.1 Å². The van der Waals surface area contributed by atoms with Gasteiger partial charge in [-0.05, 0) is 24.5 Å². The molecule has 3 N–H and O–H groups in total. The number of aryl methyl sites for hydroxylation is 1. The monoisotopic (exact) mass is 325 g/mol. The fraction of sp³-hybridized carbons (Fsp3) is 0.286. The third-order valence-electron chi connectivity index (χ3n) is 2.97. The predicted octanol–water partition coefficient (Wildman–Crippen LogP) is 1.84. The van der Waals surface area contributed by atoms with Crippen LogP contribution in [0.25, 0.3) is 0 Å². The Morgan fingerprint density at radius 2 is 2.09 bits per heavy atom. The topological polar surface area (TPSA) is 93.8 Å². The van der Waals surface area contributed by atoms with Crippen LogP contribution in [-0.2, 0) is 12.6 Å². The summed E-state index contributed by atoms with van der Waals surface area (Å²) in [7, 11) is 0. The Morgan fingerprint density at radius 3 is 2.74 bits per heavy atom. The van der Waals surface area contributed by atoms with Crippen LogP contribution >= 0.6 is 0 Å². The molecule has 0 aromatic carbocycles. The highest BCUT2D eigenvalue weighted by Crippen LogP contribution is 2.30. The van der Waals surface area contributed by atoms with Crippen LogP contribution in [0.2, 0.25) is 0 Å². The van der Waals surface area contributed by atoms with Crippen molar-refractivity contribution in [2.45, 2.75) is 19.0 Å². The standard InChI is InChI=1S/C14H14F3N5O/c15-14(16,17)11-10(8-21-13(18)22-11)12(23)20-6-2-4-9-3-1-5-19-7-9/h1,3,5,7-8H,2,4,6H2,(H,20,23)(H2,18,21,22). The fourth-order valence-electron chi connectivity index (χ4n) is 1.91. The van der Waals surface area contributed by atoms with Gasteiger partial charge in [0.2, 0.25) is 5.95 Å². The molecule has 0 saturated carbocycles. The number of halogens is 3. The van der Waals surface area contributed by atoms with Crippen molar-refractivity contribution in [3.8, 4) is 0 Å². The van der Waals surface area contributed by atoms with Crippen molar-refractivity contribution in [1.82, 2.24) is 20.3 Å². The number of carbonyl (C=O) groups is 1. The van der Waals surface area contributed by atoms with Crippen LogP contribution in [0.4, 0.5) is 19.1 Å². The van der Waals surface area contributed by atoms with Crippen molar-refractivity contribution in [2.75, 3.05) is 12.3 Å². The van der Waals surface area contributed by atoms with Gasteiger partial charge in [0, 0.05) is 25.1 Å². The van der Waals surface area contributed by atoms with Crippen LogP contribution in [-0.4, -0.2) is 27.4 Å². The van der Waals surface area contributed by atoms with Gasteiger partial charge in [-0.2, -0.15) is 13.2 Å². The number of anilines is 1. The summed E-state index contributed by atoms with van der Waals surface area (Å²) in [6, 6.07) is 3.67. The number of amides is 1. The van der Waals surface area contributed by atoms with Crippen molar-refractivity contribution >= 4 is 11.9 Å². The maximum atomic E-state index is 12.9. The van der Waals surface area contributed by atoms with Crippen molar-refractivity contribution in [3.05, 3.63) is 47.5 Å². The number of aromatic nitrogens is 3. The zero-order valence-corrected chi connectivity index (χ0v) is 12.0. The van der Waals surface area contributed by atoms with Crippen molar-refractivity contribution in [2.24, 2.45) is 0 Å². The van der Waals surface area contributed by atoms with Crippen LogP contribution in [0, 0.1) is 0 Å². The first kappa shape index (κ1) is 16.7. The van der Waals surface area contributed by atoms with Gasteiger partial charge >= 0.3 is 6.18 Å². The van der Waals surface area contributed by atoms with E-state index in [-0.39, 0.29) is 6.54 Å². The Labute approximate surface area is 130 Å². The molecule has 0 bridgehead atoms. The van der Waals surface area contributed by atoms with E-state index < -0.39 is 29.3 Å². The Bertz CT molecular complexity index is 676. The summed E-state index contributed by atoms with van der Waals surface area (Å²) < 4.78 is 38.6. The van der Waals surface area contributed by atoms with E-state index in [9.17, 15) is 18.0 Å². The molecule has 0 aliphatic carbocycles. The summed E-state index contributed by atoms with van der Waals surface area (Å²) >= 11 is 0. The van der Waals surface area contributed by atoms with Crippen LogP contribution < -0.4 is 11.1 Å². The molecule has 9 heteroatoms. The molecule has 0 unspecified atom stereocenters. The number of nitrogens with zero attached hydrogens (tertiary/aromatic N) is 3. The van der Waals surface area contributed by atoms with Gasteiger partial charge in [0.05, 0.1) is 5.56 Å². The average molecular weight is 325 g/mol. The maximum absolute atomic E-state index is 12.9. The molecule has 0 atom stereocenters. The molecule has 6 nitrogen and oxygen atoms in total. The molecule has 0 aliphatic heterocycles. The Kier molecular flexibility index (Phi) is 5.09. The second kappa shape index (κ2) is 7.03. The first-order valence-corrected chi connectivity index (χ1v) is 6.74. The number of nitrogen functional groups attached to an aromatic ring is 1. The van der Waals surface area contributed by atoms with E-state index in [1.807, 2.05) is 6.07 Å². The Balaban J connectivity index is 1.96. The summed E-state index contributed by atoms with van der Waals surface area (Å²) in [4.78, 5) is 22.4. The molecule has 122 valence electrons. The Hall–Kier alpha value is -2.71. The minimum atomic E-state index is -4.78. The number of nitrogens with one attached hydrogen (secondary N) is 1. The minimum Gasteiger partial charge on any atom is -0.368 e. The van der Waals surface area contributed by atoms with Crippen molar-refractivity contribution < 1.29 is 18.0 Å². The van der Waals surface area contributed by atoms with Gasteiger partial charge in [0.1, 0.15) is 0 Å². The summed E-state index contributed by atoms with van der Waals surface area (Å²) in [5, 5.41) is 2.42. The van der Waals surface area contributed by atoms with E-state index in [0.29, 0.717) is 12.8 Å². The van der Waals surface area contributed by atoms with Crippen LogP contribution in [0.5, 0.6) is 0 Å². The van der Waals surface area contributed by atoms with Gasteiger partial charge in [-0.3, -0.25) is 9.78 Å². The molecule has 0 fully saturated rings. The number of hydrogen-bond donors (Lipinski definition) is 2. The largest absolute Gasteiger partial charge is 0.434 e. The summed E-state index contributed by atoms with van der Waals surface area (Å²) in [6.45, 7) is 0.218. The first-order valence-electron chi connectivity index (χ1n) is 6.74. The molecule has 2 aromatic heterocycles. The summed E-state index contributed by atoms with van der Waals surface area (Å²) in [6.07, 6.45) is 0.552. The molecular formula is C14H14F3N5O. The molecule has 2 aromatic rings. The van der Waals surface area contributed by atoms with Crippen molar-refractivity contribution in [1.29, 1.82) is 0 Å². The van der Waals surface area contributed by atoms with Crippen molar-refractivity contribution in [3.63, 3.8) is 0 Å². The van der Waals surface area contributed by atoms with E-state index in [4.69, 9.17) is 5.73 Å². The molecule has 2 heterocycles. The third kappa shape index (κ3) is 4.63. The van der Waals surface area contributed by atoms with Gasteiger partial charge in [-0.1, -0.05) is 6.07 Å². The van der Waals surface area contributed by atoms with Crippen LogP contribution in [0.3, 0.4) is 0 Å². The maximum Gasteiger partial charge on any atom is 0.434 e. The smallest absolute Gasteiger partial charge is 0.368 e. The van der Waals surface area contributed by atoms with Gasteiger partial charge in [-0.25, -0.2) is 9.97 Å². The molecule has 2 rings (SSSR count). The average Bonchev–Trinajstić information content (AvgIpc) is 2.51. The van der Waals surface area contributed by atoms with E-state index in [1.165, 1.54) is 0 Å². The summed E-state index contributed by atoms with van der Waals surface area (Å²) in [5.74, 6) is -1.42. The van der Waals surface area contributed by atoms with Gasteiger partial charge in [-0.15, -0.1) is 0 Å². The van der Waals surface area contributed by atoms with Crippen LogP contribution in [0.15, 0.2) is 30.7 Å². The van der Waals surface area contributed by atoms with E-state index in [2.05, 4.69) is 20.3 Å². The van der Waals surface area contributed by atoms with Gasteiger partial charge in [0.15, 0.2) is 5.69 Å². The Morgan fingerprint density at radius 1 is 1.30 bits per heavy atom. The molecule has 0 aliphatic rings. The number of alkyl halides is 3. The first-order chi connectivity index (χ1) is 10.9. The second-order valence-corrected chi connectivity index (χ2v) is 4.71. The number of rotatable bonds is 5. The molecule has 0 spiro atoms. The third-order valence-corrected chi connectivity index (χ3v) is 2.97. The zero-order chi connectivity index (χ0) is 16.9.